The predicted octanol–water partition coefficient (Wildman–Crippen LogP) is 1.20. The summed E-state index contributed by atoms with van der Waals surface area (Å²) in [4.78, 5) is 9.76. The van der Waals surface area contributed by atoms with Crippen LogP contribution in [0.15, 0.2) is 6.07 Å². The van der Waals surface area contributed by atoms with Gasteiger partial charge in [0.15, 0.2) is 11.5 Å². The smallest absolute Gasteiger partial charge is 0.229 e. The summed E-state index contributed by atoms with van der Waals surface area (Å²) < 4.78 is 5.01. The average Bonchev–Trinajstić information content (AvgIpc) is 2.28. The highest BCUT2D eigenvalue weighted by atomic mass is 16.6. The van der Waals surface area contributed by atoms with E-state index in [0.717, 1.165) is 5.56 Å². The van der Waals surface area contributed by atoms with Crippen molar-refractivity contribution in [2.45, 2.75) is 26.4 Å². The number of aliphatic hydroxyl groups excluding tert-OH is 1. The summed E-state index contributed by atoms with van der Waals surface area (Å²) in [7, 11) is 1.45. The summed E-state index contributed by atoms with van der Waals surface area (Å²) in [5, 5.41) is 29.8. The molecule has 0 spiro atoms. The molecule has 0 radical (unpaired) electrons. The lowest BCUT2D eigenvalue weighted by molar-refractivity contribution is -0.490. The summed E-state index contributed by atoms with van der Waals surface area (Å²) in [6, 6.07) is 1.65. The number of aromatic hydroxyl groups is 1. The molecule has 100 valence electrons. The van der Waals surface area contributed by atoms with Crippen LogP contribution in [-0.4, -0.2) is 34.9 Å². The molecule has 0 aliphatic carbocycles. The highest BCUT2D eigenvalue weighted by Crippen LogP contribution is 2.34. The number of ether oxygens (including phenoxy) is 1. The summed E-state index contributed by atoms with van der Waals surface area (Å²) in [6.07, 6.45) is -0.930. The van der Waals surface area contributed by atoms with E-state index in [1.807, 2.05) is 6.92 Å². The number of nitro groups is 1. The molecule has 1 rings (SSSR count). The molecular formula is C12H17NO5. The lowest BCUT2D eigenvalue weighted by Crippen LogP contribution is -2.22. The van der Waals surface area contributed by atoms with Gasteiger partial charge in [-0.15, -0.1) is 0 Å². The molecule has 0 bridgehead atoms. The third-order valence-corrected chi connectivity index (χ3v) is 2.88. The van der Waals surface area contributed by atoms with Gasteiger partial charge in [0.1, 0.15) is 6.10 Å². The van der Waals surface area contributed by atoms with Gasteiger partial charge in [0.25, 0.3) is 0 Å². The summed E-state index contributed by atoms with van der Waals surface area (Å²) in [5.41, 5.74) is 2.11. The van der Waals surface area contributed by atoms with Crippen LogP contribution in [0.4, 0.5) is 0 Å². The molecule has 0 saturated carbocycles. The van der Waals surface area contributed by atoms with Crippen molar-refractivity contribution in [1.82, 2.24) is 0 Å². The Morgan fingerprint density at radius 2 is 2.11 bits per heavy atom. The molecule has 6 nitrogen and oxygen atoms in total. The van der Waals surface area contributed by atoms with E-state index in [0.29, 0.717) is 16.9 Å². The second-order valence-corrected chi connectivity index (χ2v) is 4.22. The van der Waals surface area contributed by atoms with Crippen molar-refractivity contribution in [1.29, 1.82) is 0 Å². The number of phenols is 1. The molecule has 2 N–H and O–H groups in total. The van der Waals surface area contributed by atoms with Crippen LogP contribution in [0.25, 0.3) is 0 Å². The maximum absolute atomic E-state index is 10.3. The monoisotopic (exact) mass is 255 g/mol. The standard InChI is InChI=1S/C12H17NO5/c1-7-4-11(18-3)12(15)8(2)10(7)5-9(14)6-13(16)17/h4,9,14-15H,5-6H2,1-3H3/t9-/m1/s1. The van der Waals surface area contributed by atoms with Crippen LogP contribution in [-0.2, 0) is 6.42 Å². The maximum Gasteiger partial charge on any atom is 0.229 e. The van der Waals surface area contributed by atoms with Crippen molar-refractivity contribution in [3.63, 3.8) is 0 Å². The average molecular weight is 255 g/mol. The minimum absolute atomic E-state index is 0.00593. The first-order valence-electron chi connectivity index (χ1n) is 5.52. The van der Waals surface area contributed by atoms with E-state index in [4.69, 9.17) is 4.74 Å². The zero-order valence-corrected chi connectivity index (χ0v) is 10.6. The Balaban J connectivity index is 3.03. The molecular weight excluding hydrogens is 238 g/mol. The maximum atomic E-state index is 10.3. The SMILES string of the molecule is COc1cc(C)c(C[C@@H](O)C[N+](=O)[O-])c(C)c1O. The van der Waals surface area contributed by atoms with Gasteiger partial charge >= 0.3 is 0 Å². The van der Waals surface area contributed by atoms with Crippen LogP contribution >= 0.6 is 0 Å². The Labute approximate surface area is 105 Å². The fraction of sp³-hybridized carbons (Fsp3) is 0.500. The van der Waals surface area contributed by atoms with Gasteiger partial charge in [-0.3, -0.25) is 10.1 Å². The molecule has 0 amide bonds. The number of hydrogen-bond donors (Lipinski definition) is 2. The lowest BCUT2D eigenvalue weighted by atomic mass is 9.96. The van der Waals surface area contributed by atoms with Gasteiger partial charge in [0.2, 0.25) is 6.54 Å². The van der Waals surface area contributed by atoms with E-state index in [9.17, 15) is 20.3 Å². The van der Waals surface area contributed by atoms with E-state index in [2.05, 4.69) is 0 Å². The van der Waals surface area contributed by atoms with Crippen LogP contribution in [0, 0.1) is 24.0 Å². The first-order valence-corrected chi connectivity index (χ1v) is 5.52. The number of benzene rings is 1. The van der Waals surface area contributed by atoms with E-state index in [1.54, 1.807) is 13.0 Å². The van der Waals surface area contributed by atoms with E-state index >= 15 is 0 Å². The zero-order valence-electron chi connectivity index (χ0n) is 10.6. The molecule has 0 aliphatic rings. The topological polar surface area (TPSA) is 92.8 Å². The van der Waals surface area contributed by atoms with Gasteiger partial charge in [0, 0.05) is 11.3 Å². The Morgan fingerprint density at radius 3 is 2.61 bits per heavy atom. The number of aryl methyl sites for hydroxylation is 1. The van der Waals surface area contributed by atoms with Gasteiger partial charge in [0.05, 0.1) is 7.11 Å². The zero-order chi connectivity index (χ0) is 13.9. The minimum Gasteiger partial charge on any atom is -0.504 e. The number of phenolic OH excluding ortho intramolecular Hbond substituents is 1. The quantitative estimate of drug-likeness (QED) is 0.609. The highest BCUT2D eigenvalue weighted by molar-refractivity contribution is 5.52. The van der Waals surface area contributed by atoms with Crippen LogP contribution in [0.2, 0.25) is 0 Å². The Morgan fingerprint density at radius 1 is 1.50 bits per heavy atom. The molecule has 1 aromatic rings. The number of hydrogen-bond acceptors (Lipinski definition) is 5. The first kappa shape index (κ1) is 14.2. The van der Waals surface area contributed by atoms with E-state index in [-0.39, 0.29) is 12.2 Å². The third-order valence-electron chi connectivity index (χ3n) is 2.88. The second kappa shape index (κ2) is 5.68. The van der Waals surface area contributed by atoms with Crippen LogP contribution in [0.3, 0.4) is 0 Å². The molecule has 1 atom stereocenters. The Hall–Kier alpha value is -1.82. The predicted molar refractivity (Wildman–Crippen MR) is 65.7 cm³/mol. The molecule has 0 aromatic heterocycles. The summed E-state index contributed by atoms with van der Waals surface area (Å²) in [5.74, 6) is 0.365. The minimum atomic E-state index is -1.06. The van der Waals surface area contributed by atoms with E-state index < -0.39 is 17.6 Å². The Bertz CT molecular complexity index is 458. The number of nitrogens with zero attached hydrogens (tertiary/aromatic N) is 1. The second-order valence-electron chi connectivity index (χ2n) is 4.22. The van der Waals surface area contributed by atoms with Crippen molar-refractivity contribution in [2.24, 2.45) is 0 Å². The van der Waals surface area contributed by atoms with Gasteiger partial charge in [-0.05, 0) is 36.6 Å². The first-order chi connectivity index (χ1) is 8.36. The van der Waals surface area contributed by atoms with Crippen LogP contribution in [0.5, 0.6) is 11.5 Å². The van der Waals surface area contributed by atoms with Gasteiger partial charge < -0.3 is 14.9 Å². The Kier molecular flexibility index (Phi) is 4.49. The number of methoxy groups -OCH3 is 1. The van der Waals surface area contributed by atoms with Crippen molar-refractivity contribution >= 4 is 0 Å². The molecule has 18 heavy (non-hydrogen) atoms. The highest BCUT2D eigenvalue weighted by Gasteiger charge is 2.18. The summed E-state index contributed by atoms with van der Waals surface area (Å²) in [6.45, 7) is 2.99. The molecule has 0 saturated heterocycles. The van der Waals surface area contributed by atoms with Gasteiger partial charge in [-0.1, -0.05) is 0 Å². The molecule has 0 aliphatic heterocycles. The molecule has 6 heteroatoms. The largest absolute Gasteiger partial charge is 0.504 e. The van der Waals surface area contributed by atoms with Crippen molar-refractivity contribution < 1.29 is 19.9 Å². The van der Waals surface area contributed by atoms with Gasteiger partial charge in [-0.2, -0.15) is 0 Å². The molecule has 0 fully saturated rings. The van der Waals surface area contributed by atoms with Crippen molar-refractivity contribution in [3.05, 3.63) is 32.9 Å². The van der Waals surface area contributed by atoms with Crippen LogP contribution < -0.4 is 4.74 Å². The molecule has 0 unspecified atom stereocenters. The van der Waals surface area contributed by atoms with E-state index in [1.165, 1.54) is 7.11 Å². The fourth-order valence-electron chi connectivity index (χ4n) is 1.92. The van der Waals surface area contributed by atoms with Crippen LogP contribution in [0.1, 0.15) is 16.7 Å². The summed E-state index contributed by atoms with van der Waals surface area (Å²) >= 11 is 0. The number of rotatable bonds is 5. The normalized spacial score (nSPS) is 12.2. The third kappa shape index (κ3) is 3.10. The van der Waals surface area contributed by atoms with Gasteiger partial charge in [-0.25, -0.2) is 0 Å². The fourth-order valence-corrected chi connectivity index (χ4v) is 1.92. The lowest BCUT2D eigenvalue weighted by Gasteiger charge is -2.16. The van der Waals surface area contributed by atoms with Crippen molar-refractivity contribution in [3.8, 4) is 11.5 Å². The molecule has 1 aromatic carbocycles. The van der Waals surface area contributed by atoms with Crippen molar-refractivity contribution in [2.75, 3.05) is 13.7 Å². The number of aliphatic hydroxyl groups is 1. The molecule has 0 heterocycles.